The number of hydrogen-bond acceptors (Lipinski definition) is 4. The standard InChI is InChI=1S/C15H23NO3S/c1-12(2)20(17,18)9-8-19-15-5-3-4-13(10-15)11-16-14-6-7-14/h3-5,10,12,14,16H,6-9,11H2,1-2H3. The fraction of sp³-hybridized carbons (Fsp3) is 0.600. The first-order valence-corrected chi connectivity index (χ1v) is 8.85. The van der Waals surface area contributed by atoms with Crippen molar-refractivity contribution in [2.45, 2.75) is 44.5 Å². The van der Waals surface area contributed by atoms with Crippen molar-refractivity contribution in [3.63, 3.8) is 0 Å². The maximum atomic E-state index is 11.7. The molecule has 20 heavy (non-hydrogen) atoms. The Kier molecular flexibility index (Phi) is 5.05. The zero-order valence-electron chi connectivity index (χ0n) is 12.1. The van der Waals surface area contributed by atoms with E-state index >= 15 is 0 Å². The van der Waals surface area contributed by atoms with Crippen molar-refractivity contribution in [2.75, 3.05) is 12.4 Å². The van der Waals surface area contributed by atoms with Crippen LogP contribution in [0.4, 0.5) is 0 Å². The summed E-state index contributed by atoms with van der Waals surface area (Å²) in [6.45, 7) is 4.44. The van der Waals surface area contributed by atoms with Gasteiger partial charge in [-0.2, -0.15) is 0 Å². The fourth-order valence-corrected chi connectivity index (χ4v) is 2.59. The van der Waals surface area contributed by atoms with Crippen molar-refractivity contribution in [1.29, 1.82) is 0 Å². The molecule has 1 aromatic carbocycles. The topological polar surface area (TPSA) is 55.4 Å². The molecular formula is C15H23NO3S. The first-order chi connectivity index (χ1) is 9.47. The van der Waals surface area contributed by atoms with Gasteiger partial charge in [-0.15, -0.1) is 0 Å². The van der Waals surface area contributed by atoms with Gasteiger partial charge in [-0.3, -0.25) is 0 Å². The summed E-state index contributed by atoms with van der Waals surface area (Å²) in [7, 11) is -3.03. The summed E-state index contributed by atoms with van der Waals surface area (Å²) < 4.78 is 28.9. The molecule has 1 aromatic rings. The Balaban J connectivity index is 1.81. The van der Waals surface area contributed by atoms with Gasteiger partial charge in [0.15, 0.2) is 9.84 Å². The summed E-state index contributed by atoms with van der Waals surface area (Å²) in [5.41, 5.74) is 1.17. The fourth-order valence-electron chi connectivity index (χ4n) is 1.81. The number of sulfone groups is 1. The van der Waals surface area contributed by atoms with Crippen LogP contribution < -0.4 is 10.1 Å². The lowest BCUT2D eigenvalue weighted by Gasteiger charge is -2.10. The predicted octanol–water partition coefficient (Wildman–Crippen LogP) is 2.14. The molecule has 0 spiro atoms. The van der Waals surface area contributed by atoms with Crippen LogP contribution in [0.5, 0.6) is 5.75 Å². The molecule has 0 radical (unpaired) electrons. The predicted molar refractivity (Wildman–Crippen MR) is 80.7 cm³/mol. The van der Waals surface area contributed by atoms with E-state index in [1.807, 2.05) is 24.3 Å². The molecule has 0 bridgehead atoms. The van der Waals surface area contributed by atoms with Gasteiger partial charge in [-0.1, -0.05) is 12.1 Å². The highest BCUT2D eigenvalue weighted by Gasteiger charge is 2.20. The number of nitrogens with one attached hydrogen (secondary N) is 1. The summed E-state index contributed by atoms with van der Waals surface area (Å²) in [5.74, 6) is 0.800. The molecule has 1 saturated carbocycles. The molecule has 1 N–H and O–H groups in total. The SMILES string of the molecule is CC(C)S(=O)(=O)CCOc1cccc(CNC2CC2)c1. The van der Waals surface area contributed by atoms with Crippen LogP contribution in [0, 0.1) is 0 Å². The number of rotatable bonds is 8. The Bertz CT molecular complexity index is 536. The van der Waals surface area contributed by atoms with E-state index < -0.39 is 9.84 Å². The largest absolute Gasteiger partial charge is 0.493 e. The van der Waals surface area contributed by atoms with E-state index in [4.69, 9.17) is 4.74 Å². The van der Waals surface area contributed by atoms with Crippen LogP contribution in [0.15, 0.2) is 24.3 Å². The minimum absolute atomic E-state index is 0.0647. The van der Waals surface area contributed by atoms with E-state index in [9.17, 15) is 8.42 Å². The molecule has 0 aliphatic heterocycles. The van der Waals surface area contributed by atoms with Crippen LogP contribution in [0.2, 0.25) is 0 Å². The molecule has 0 saturated heterocycles. The molecule has 112 valence electrons. The second-order valence-corrected chi connectivity index (χ2v) is 8.24. The Hall–Kier alpha value is -1.07. The summed E-state index contributed by atoms with van der Waals surface area (Å²) in [6.07, 6.45) is 2.53. The lowest BCUT2D eigenvalue weighted by molar-refractivity contribution is 0.340. The van der Waals surface area contributed by atoms with Crippen molar-refractivity contribution >= 4 is 9.84 Å². The van der Waals surface area contributed by atoms with Gasteiger partial charge >= 0.3 is 0 Å². The summed E-state index contributed by atoms with van der Waals surface area (Å²) in [5, 5.41) is 3.10. The maximum Gasteiger partial charge on any atom is 0.155 e. The van der Waals surface area contributed by atoms with E-state index in [2.05, 4.69) is 5.32 Å². The zero-order chi connectivity index (χ0) is 14.6. The van der Waals surface area contributed by atoms with Crippen LogP contribution in [0.3, 0.4) is 0 Å². The van der Waals surface area contributed by atoms with Gasteiger partial charge < -0.3 is 10.1 Å². The molecule has 0 atom stereocenters. The smallest absolute Gasteiger partial charge is 0.155 e. The first kappa shape index (κ1) is 15.3. The van der Waals surface area contributed by atoms with E-state index in [1.54, 1.807) is 13.8 Å². The van der Waals surface area contributed by atoms with Gasteiger partial charge in [0.2, 0.25) is 0 Å². The van der Waals surface area contributed by atoms with Crippen LogP contribution >= 0.6 is 0 Å². The molecule has 1 aliphatic rings. The highest BCUT2D eigenvalue weighted by atomic mass is 32.2. The Labute approximate surface area is 121 Å². The molecule has 0 amide bonds. The number of hydrogen-bond donors (Lipinski definition) is 1. The maximum absolute atomic E-state index is 11.7. The van der Waals surface area contributed by atoms with E-state index in [1.165, 1.54) is 18.4 Å². The summed E-state index contributed by atoms with van der Waals surface area (Å²) >= 11 is 0. The third-order valence-corrected chi connectivity index (χ3v) is 5.60. The van der Waals surface area contributed by atoms with Gasteiger partial charge in [-0.05, 0) is 44.4 Å². The van der Waals surface area contributed by atoms with Crippen molar-refractivity contribution in [3.8, 4) is 5.75 Å². The average Bonchev–Trinajstić information content (AvgIpc) is 3.20. The van der Waals surface area contributed by atoms with Crippen molar-refractivity contribution in [1.82, 2.24) is 5.32 Å². The van der Waals surface area contributed by atoms with Gasteiger partial charge in [0.05, 0.1) is 11.0 Å². The summed E-state index contributed by atoms with van der Waals surface area (Å²) in [4.78, 5) is 0. The third-order valence-electron chi connectivity index (χ3n) is 3.43. The lowest BCUT2D eigenvalue weighted by atomic mass is 10.2. The lowest BCUT2D eigenvalue weighted by Crippen LogP contribution is -2.22. The second kappa shape index (κ2) is 6.59. The van der Waals surface area contributed by atoms with Crippen LogP contribution in [0.25, 0.3) is 0 Å². The van der Waals surface area contributed by atoms with Crippen LogP contribution in [0.1, 0.15) is 32.3 Å². The molecule has 2 rings (SSSR count). The number of ether oxygens (including phenoxy) is 1. The minimum Gasteiger partial charge on any atom is -0.493 e. The monoisotopic (exact) mass is 297 g/mol. The highest BCUT2D eigenvalue weighted by Crippen LogP contribution is 2.20. The molecule has 1 aliphatic carbocycles. The normalized spacial score (nSPS) is 15.6. The molecular weight excluding hydrogens is 274 g/mol. The summed E-state index contributed by atoms with van der Waals surface area (Å²) in [6, 6.07) is 8.50. The third kappa shape index (κ3) is 4.80. The molecule has 0 heterocycles. The van der Waals surface area contributed by atoms with E-state index in [0.717, 1.165) is 12.3 Å². The average molecular weight is 297 g/mol. The van der Waals surface area contributed by atoms with Gasteiger partial charge in [-0.25, -0.2) is 8.42 Å². The Morgan fingerprint density at radius 3 is 2.75 bits per heavy atom. The number of benzene rings is 1. The van der Waals surface area contributed by atoms with Crippen molar-refractivity contribution < 1.29 is 13.2 Å². The molecule has 0 aromatic heterocycles. The van der Waals surface area contributed by atoms with Gasteiger partial charge in [0.25, 0.3) is 0 Å². The molecule has 0 unspecified atom stereocenters. The van der Waals surface area contributed by atoms with E-state index in [0.29, 0.717) is 6.04 Å². The van der Waals surface area contributed by atoms with Crippen LogP contribution in [-0.4, -0.2) is 32.1 Å². The molecule has 5 heteroatoms. The van der Waals surface area contributed by atoms with Crippen molar-refractivity contribution in [3.05, 3.63) is 29.8 Å². The van der Waals surface area contributed by atoms with Crippen LogP contribution in [-0.2, 0) is 16.4 Å². The Morgan fingerprint density at radius 1 is 1.35 bits per heavy atom. The first-order valence-electron chi connectivity index (χ1n) is 7.14. The van der Waals surface area contributed by atoms with E-state index in [-0.39, 0.29) is 17.6 Å². The minimum atomic E-state index is -3.03. The zero-order valence-corrected chi connectivity index (χ0v) is 12.9. The van der Waals surface area contributed by atoms with Gasteiger partial charge in [0.1, 0.15) is 12.4 Å². The van der Waals surface area contributed by atoms with Gasteiger partial charge in [0, 0.05) is 12.6 Å². The molecule has 4 nitrogen and oxygen atoms in total. The van der Waals surface area contributed by atoms with Crippen molar-refractivity contribution in [2.24, 2.45) is 0 Å². The molecule has 1 fully saturated rings. The highest BCUT2D eigenvalue weighted by molar-refractivity contribution is 7.91. The Morgan fingerprint density at radius 2 is 2.10 bits per heavy atom. The second-order valence-electron chi connectivity index (χ2n) is 5.57. The quantitative estimate of drug-likeness (QED) is 0.799.